The molecule has 0 aromatic carbocycles. The summed E-state index contributed by atoms with van der Waals surface area (Å²) in [4.78, 5) is 4.16. The minimum Gasteiger partial charge on any atom is -0.496 e. The first-order valence-electron chi connectivity index (χ1n) is 4.69. The SMILES string of the molecule is COc1cc(N(N)/C=N\N)ncc1[C@H]1CO1. The molecule has 0 unspecified atom stereocenters. The molecule has 16 heavy (non-hydrogen) atoms. The molecular formula is C9H13N5O2. The fraction of sp³-hybridized carbons (Fsp3) is 0.333. The van der Waals surface area contributed by atoms with Crippen LogP contribution in [0.15, 0.2) is 17.4 Å². The first-order chi connectivity index (χ1) is 7.76. The summed E-state index contributed by atoms with van der Waals surface area (Å²) in [5.74, 6) is 11.8. The number of ether oxygens (including phenoxy) is 2. The highest BCUT2D eigenvalue weighted by molar-refractivity contribution is 5.75. The number of hydrazine groups is 1. The van der Waals surface area contributed by atoms with E-state index < -0.39 is 0 Å². The fourth-order valence-corrected chi connectivity index (χ4v) is 1.36. The number of hydrogen-bond donors (Lipinski definition) is 2. The van der Waals surface area contributed by atoms with E-state index >= 15 is 0 Å². The Morgan fingerprint density at radius 1 is 1.75 bits per heavy atom. The third-order valence-electron chi connectivity index (χ3n) is 2.24. The molecule has 2 rings (SSSR count). The van der Waals surface area contributed by atoms with Gasteiger partial charge in [0, 0.05) is 17.8 Å². The van der Waals surface area contributed by atoms with Gasteiger partial charge in [-0.05, 0) is 0 Å². The van der Waals surface area contributed by atoms with Gasteiger partial charge < -0.3 is 15.3 Å². The molecule has 1 aromatic heterocycles. The van der Waals surface area contributed by atoms with Crippen molar-refractivity contribution in [2.45, 2.75) is 6.10 Å². The second-order valence-corrected chi connectivity index (χ2v) is 3.28. The molecule has 7 nitrogen and oxygen atoms in total. The van der Waals surface area contributed by atoms with Crippen LogP contribution in [0, 0.1) is 0 Å². The maximum absolute atomic E-state index is 5.63. The summed E-state index contributed by atoms with van der Waals surface area (Å²) in [5.41, 5.74) is 0.921. The minimum atomic E-state index is 0.0888. The molecule has 4 N–H and O–H groups in total. The van der Waals surface area contributed by atoms with Crippen LogP contribution < -0.4 is 21.4 Å². The average Bonchev–Trinajstić information content (AvgIpc) is 3.12. The lowest BCUT2D eigenvalue weighted by Gasteiger charge is -2.13. The molecule has 0 amide bonds. The zero-order valence-electron chi connectivity index (χ0n) is 8.83. The smallest absolute Gasteiger partial charge is 0.151 e. The molecule has 1 aliphatic heterocycles. The second kappa shape index (κ2) is 4.33. The molecule has 0 aliphatic carbocycles. The summed E-state index contributed by atoms with van der Waals surface area (Å²) in [6.07, 6.45) is 3.02. The van der Waals surface area contributed by atoms with Crippen molar-refractivity contribution in [2.75, 3.05) is 18.7 Å². The first-order valence-corrected chi connectivity index (χ1v) is 4.69. The van der Waals surface area contributed by atoms with Crippen molar-refractivity contribution in [1.82, 2.24) is 4.98 Å². The lowest BCUT2D eigenvalue weighted by molar-refractivity contribution is 0.382. The quantitative estimate of drug-likeness (QED) is 0.240. The summed E-state index contributed by atoms with van der Waals surface area (Å²) in [5, 5.41) is 4.52. The van der Waals surface area contributed by atoms with Crippen LogP contribution in [0.1, 0.15) is 11.7 Å². The summed E-state index contributed by atoms with van der Waals surface area (Å²) >= 11 is 0. The summed E-state index contributed by atoms with van der Waals surface area (Å²) in [7, 11) is 1.59. The van der Waals surface area contributed by atoms with Gasteiger partial charge in [-0.1, -0.05) is 0 Å². The van der Waals surface area contributed by atoms with Crippen LogP contribution >= 0.6 is 0 Å². The van der Waals surface area contributed by atoms with E-state index in [0.29, 0.717) is 18.2 Å². The summed E-state index contributed by atoms with van der Waals surface area (Å²) in [6, 6.07) is 1.71. The van der Waals surface area contributed by atoms with E-state index in [1.54, 1.807) is 19.4 Å². The van der Waals surface area contributed by atoms with E-state index in [2.05, 4.69) is 10.1 Å². The van der Waals surface area contributed by atoms with Gasteiger partial charge >= 0.3 is 0 Å². The predicted octanol–water partition coefficient (Wildman–Crippen LogP) is -0.256. The lowest BCUT2D eigenvalue weighted by atomic mass is 10.2. The minimum absolute atomic E-state index is 0.0888. The number of aromatic nitrogens is 1. The molecule has 0 spiro atoms. The van der Waals surface area contributed by atoms with Crippen molar-refractivity contribution in [3.8, 4) is 5.75 Å². The van der Waals surface area contributed by atoms with Gasteiger partial charge in [-0.2, -0.15) is 5.10 Å². The Balaban J connectivity index is 2.28. The van der Waals surface area contributed by atoms with Gasteiger partial charge in [-0.25, -0.2) is 15.8 Å². The van der Waals surface area contributed by atoms with Crippen LogP contribution in [0.2, 0.25) is 0 Å². The molecule has 86 valence electrons. The molecule has 0 bridgehead atoms. The Morgan fingerprint density at radius 3 is 3.06 bits per heavy atom. The molecule has 2 heterocycles. The highest BCUT2D eigenvalue weighted by atomic mass is 16.6. The molecule has 1 fully saturated rings. The van der Waals surface area contributed by atoms with Crippen LogP contribution in [0.25, 0.3) is 0 Å². The van der Waals surface area contributed by atoms with E-state index in [0.717, 1.165) is 5.56 Å². The Bertz CT molecular complexity index is 405. The summed E-state index contributed by atoms with van der Waals surface area (Å²) < 4.78 is 10.4. The van der Waals surface area contributed by atoms with Gasteiger partial charge in [0.2, 0.25) is 0 Å². The standard InChI is InChI=1S/C9H13N5O2/c1-15-7-2-9(14(11)5-13-10)12-3-6(7)8-4-16-8/h2-3,5,8H,4,10-11H2,1H3/b13-5-/t8-/m1/s1. The molecule has 0 saturated carbocycles. The van der Waals surface area contributed by atoms with Crippen molar-refractivity contribution in [1.29, 1.82) is 0 Å². The van der Waals surface area contributed by atoms with Gasteiger partial charge in [0.25, 0.3) is 0 Å². The Labute approximate surface area is 92.6 Å². The number of nitrogens with zero attached hydrogens (tertiary/aromatic N) is 3. The van der Waals surface area contributed by atoms with Gasteiger partial charge in [0.05, 0.1) is 13.7 Å². The van der Waals surface area contributed by atoms with Gasteiger partial charge in [-0.3, -0.25) is 0 Å². The maximum atomic E-state index is 5.63. The van der Waals surface area contributed by atoms with Crippen molar-refractivity contribution in [3.63, 3.8) is 0 Å². The number of methoxy groups -OCH3 is 1. The van der Waals surface area contributed by atoms with E-state index in [-0.39, 0.29) is 6.10 Å². The fourth-order valence-electron chi connectivity index (χ4n) is 1.36. The first kappa shape index (κ1) is 10.7. The Morgan fingerprint density at radius 2 is 2.50 bits per heavy atom. The van der Waals surface area contributed by atoms with Crippen molar-refractivity contribution < 1.29 is 9.47 Å². The van der Waals surface area contributed by atoms with Gasteiger partial charge in [-0.15, -0.1) is 0 Å². The van der Waals surface area contributed by atoms with Crippen LogP contribution in [0.4, 0.5) is 5.82 Å². The van der Waals surface area contributed by atoms with Crippen molar-refractivity contribution in [2.24, 2.45) is 16.8 Å². The number of nitrogens with two attached hydrogens (primary N) is 2. The van der Waals surface area contributed by atoms with E-state index in [1.807, 2.05) is 0 Å². The molecule has 0 radical (unpaired) electrons. The third-order valence-corrected chi connectivity index (χ3v) is 2.24. The monoisotopic (exact) mass is 223 g/mol. The molecule has 1 atom stereocenters. The normalized spacial score (nSPS) is 18.8. The van der Waals surface area contributed by atoms with Crippen LogP contribution in [-0.4, -0.2) is 25.0 Å². The second-order valence-electron chi connectivity index (χ2n) is 3.28. The van der Waals surface area contributed by atoms with Crippen molar-refractivity contribution >= 4 is 12.2 Å². The van der Waals surface area contributed by atoms with E-state index in [4.69, 9.17) is 21.2 Å². The number of hydrogen-bond acceptors (Lipinski definition) is 6. The van der Waals surface area contributed by atoms with E-state index in [1.165, 1.54) is 11.3 Å². The molecule has 1 aliphatic rings. The van der Waals surface area contributed by atoms with E-state index in [9.17, 15) is 0 Å². The number of hydrazone groups is 1. The highest BCUT2D eigenvalue weighted by Crippen LogP contribution is 2.36. The number of epoxide rings is 1. The topological polar surface area (TPSA) is 102 Å². The van der Waals surface area contributed by atoms with Crippen LogP contribution in [0.5, 0.6) is 5.75 Å². The maximum Gasteiger partial charge on any atom is 0.151 e. The largest absolute Gasteiger partial charge is 0.496 e. The highest BCUT2D eigenvalue weighted by Gasteiger charge is 2.28. The Kier molecular flexibility index (Phi) is 2.88. The zero-order valence-corrected chi connectivity index (χ0v) is 8.83. The Hall–Kier alpha value is -1.86. The van der Waals surface area contributed by atoms with Gasteiger partial charge in [0.15, 0.2) is 5.82 Å². The third kappa shape index (κ3) is 2.05. The molecular weight excluding hydrogens is 210 g/mol. The van der Waals surface area contributed by atoms with Gasteiger partial charge in [0.1, 0.15) is 18.2 Å². The molecule has 7 heteroatoms. The number of rotatable bonds is 4. The number of anilines is 1. The summed E-state index contributed by atoms with van der Waals surface area (Å²) in [6.45, 7) is 0.702. The van der Waals surface area contributed by atoms with Crippen LogP contribution in [-0.2, 0) is 4.74 Å². The number of pyridine rings is 1. The van der Waals surface area contributed by atoms with Crippen molar-refractivity contribution in [3.05, 3.63) is 17.8 Å². The molecule has 1 aromatic rings. The lowest BCUT2D eigenvalue weighted by Crippen LogP contribution is -2.30. The molecule has 1 saturated heterocycles. The van der Waals surface area contributed by atoms with Crippen LogP contribution in [0.3, 0.4) is 0 Å². The zero-order chi connectivity index (χ0) is 11.5. The average molecular weight is 223 g/mol. The predicted molar refractivity (Wildman–Crippen MR) is 58.8 cm³/mol.